The minimum Gasteiger partial charge on any atom is -0.463 e. The number of aliphatic hydroxyl groups excluding tert-OH is 2. The van der Waals surface area contributed by atoms with Crippen LogP contribution >= 0.6 is 0 Å². The SMILES string of the molecule is O=C(CC(C(=O)OCCO)S(=O)(=O)O)OCCO. The summed E-state index contributed by atoms with van der Waals surface area (Å²) in [4.78, 5) is 22.3. The Bertz CT molecular complexity index is 374. The molecule has 0 amide bonds. The van der Waals surface area contributed by atoms with Crippen molar-refractivity contribution in [2.24, 2.45) is 0 Å². The Morgan fingerprint density at radius 3 is 2.00 bits per heavy atom. The van der Waals surface area contributed by atoms with Crippen LogP contribution in [0.25, 0.3) is 0 Å². The number of aliphatic hydroxyl groups is 2. The lowest BCUT2D eigenvalue weighted by molar-refractivity contribution is -0.151. The molecular weight excluding hydrogens is 272 g/mol. The van der Waals surface area contributed by atoms with E-state index in [9.17, 15) is 18.0 Å². The van der Waals surface area contributed by atoms with Crippen LogP contribution in [0.5, 0.6) is 0 Å². The highest BCUT2D eigenvalue weighted by atomic mass is 32.2. The molecule has 0 heterocycles. The summed E-state index contributed by atoms with van der Waals surface area (Å²) >= 11 is 0. The van der Waals surface area contributed by atoms with Gasteiger partial charge in [0.25, 0.3) is 10.1 Å². The number of carbonyl (C=O) groups excluding carboxylic acids is 2. The van der Waals surface area contributed by atoms with Crippen LogP contribution in [-0.4, -0.2) is 66.8 Å². The molecule has 9 nitrogen and oxygen atoms in total. The molecule has 0 aliphatic heterocycles. The van der Waals surface area contributed by atoms with E-state index in [1.54, 1.807) is 0 Å². The summed E-state index contributed by atoms with van der Waals surface area (Å²) in [7, 11) is -4.83. The normalized spacial score (nSPS) is 12.8. The van der Waals surface area contributed by atoms with Crippen molar-refractivity contribution >= 4 is 22.1 Å². The first-order valence-electron chi connectivity index (χ1n) is 4.83. The van der Waals surface area contributed by atoms with Gasteiger partial charge in [0.15, 0.2) is 5.25 Å². The van der Waals surface area contributed by atoms with Gasteiger partial charge in [-0.2, -0.15) is 8.42 Å². The van der Waals surface area contributed by atoms with Crippen molar-refractivity contribution < 1.29 is 42.2 Å². The Labute approximate surface area is 103 Å². The third-order valence-electron chi connectivity index (χ3n) is 1.66. The molecule has 0 radical (unpaired) electrons. The fourth-order valence-corrected chi connectivity index (χ4v) is 1.58. The minimum absolute atomic E-state index is 0.358. The van der Waals surface area contributed by atoms with Crippen LogP contribution < -0.4 is 0 Å². The van der Waals surface area contributed by atoms with Crippen molar-refractivity contribution in [1.29, 1.82) is 0 Å². The largest absolute Gasteiger partial charge is 0.463 e. The molecule has 10 heteroatoms. The zero-order valence-electron chi connectivity index (χ0n) is 9.31. The maximum atomic E-state index is 11.2. The summed E-state index contributed by atoms with van der Waals surface area (Å²) < 4.78 is 39.2. The van der Waals surface area contributed by atoms with E-state index in [0.717, 1.165) is 0 Å². The molecule has 0 saturated heterocycles. The third-order valence-corrected chi connectivity index (χ3v) is 2.74. The maximum absolute atomic E-state index is 11.2. The van der Waals surface area contributed by atoms with Gasteiger partial charge in [0.2, 0.25) is 0 Å². The summed E-state index contributed by atoms with van der Waals surface area (Å²) in [5.41, 5.74) is 0. The first-order chi connectivity index (χ1) is 8.32. The lowest BCUT2D eigenvalue weighted by Crippen LogP contribution is -2.35. The maximum Gasteiger partial charge on any atom is 0.327 e. The molecule has 0 bridgehead atoms. The lowest BCUT2D eigenvalue weighted by Gasteiger charge is -2.12. The minimum atomic E-state index is -4.83. The molecule has 0 spiro atoms. The van der Waals surface area contributed by atoms with Crippen molar-refractivity contribution in [2.45, 2.75) is 11.7 Å². The van der Waals surface area contributed by atoms with Crippen LogP contribution in [0, 0.1) is 0 Å². The predicted octanol–water partition coefficient (Wildman–Crippen LogP) is -2.30. The average molecular weight is 286 g/mol. The van der Waals surface area contributed by atoms with Crippen LogP contribution in [0.1, 0.15) is 6.42 Å². The van der Waals surface area contributed by atoms with E-state index in [0.29, 0.717) is 0 Å². The summed E-state index contributed by atoms with van der Waals surface area (Å²) in [6.07, 6.45) is -0.941. The Kier molecular flexibility index (Phi) is 7.43. The van der Waals surface area contributed by atoms with Gasteiger partial charge in [-0.25, -0.2) is 0 Å². The fourth-order valence-electron chi connectivity index (χ4n) is 0.919. The van der Waals surface area contributed by atoms with Crippen molar-refractivity contribution in [3.05, 3.63) is 0 Å². The molecule has 0 aliphatic carbocycles. The molecule has 1 atom stereocenters. The quantitative estimate of drug-likeness (QED) is 0.331. The number of hydrogen-bond donors (Lipinski definition) is 3. The standard InChI is InChI=1S/C8H14O9S/c9-1-3-16-7(11)5-6(18(13,14)15)8(12)17-4-2-10/h6,9-10H,1-5H2,(H,13,14,15). The molecule has 0 aromatic carbocycles. The highest BCUT2D eigenvalue weighted by molar-refractivity contribution is 7.87. The number of rotatable bonds is 8. The first kappa shape index (κ1) is 16.8. The van der Waals surface area contributed by atoms with Gasteiger partial charge < -0.3 is 19.7 Å². The Balaban J connectivity index is 4.61. The van der Waals surface area contributed by atoms with Gasteiger partial charge in [0, 0.05) is 0 Å². The van der Waals surface area contributed by atoms with Gasteiger partial charge in [-0.15, -0.1) is 0 Å². The molecule has 1 unspecified atom stereocenters. The van der Waals surface area contributed by atoms with E-state index in [1.807, 2.05) is 0 Å². The molecule has 0 saturated carbocycles. The van der Waals surface area contributed by atoms with E-state index in [2.05, 4.69) is 9.47 Å². The van der Waals surface area contributed by atoms with Crippen molar-refractivity contribution in [3.63, 3.8) is 0 Å². The van der Waals surface area contributed by atoms with Crippen LogP contribution in [0.15, 0.2) is 0 Å². The van der Waals surface area contributed by atoms with Crippen molar-refractivity contribution in [3.8, 4) is 0 Å². The Morgan fingerprint density at radius 1 is 1.06 bits per heavy atom. The number of carbonyl (C=O) groups is 2. The van der Waals surface area contributed by atoms with Crippen LogP contribution in [0.2, 0.25) is 0 Å². The van der Waals surface area contributed by atoms with Gasteiger partial charge >= 0.3 is 11.9 Å². The molecule has 0 aromatic rings. The van der Waals surface area contributed by atoms with E-state index in [-0.39, 0.29) is 6.61 Å². The first-order valence-corrected chi connectivity index (χ1v) is 6.33. The van der Waals surface area contributed by atoms with Crippen molar-refractivity contribution in [1.82, 2.24) is 0 Å². The van der Waals surface area contributed by atoms with Crippen molar-refractivity contribution in [2.75, 3.05) is 26.4 Å². The smallest absolute Gasteiger partial charge is 0.327 e. The highest BCUT2D eigenvalue weighted by Gasteiger charge is 2.35. The van der Waals surface area contributed by atoms with Crippen LogP contribution in [0.4, 0.5) is 0 Å². The van der Waals surface area contributed by atoms with E-state index < -0.39 is 53.5 Å². The topological polar surface area (TPSA) is 147 Å². The van der Waals surface area contributed by atoms with E-state index in [4.69, 9.17) is 14.8 Å². The molecule has 0 rings (SSSR count). The van der Waals surface area contributed by atoms with Gasteiger partial charge in [-0.1, -0.05) is 0 Å². The monoisotopic (exact) mass is 286 g/mol. The molecular formula is C8H14O9S. The van der Waals surface area contributed by atoms with Gasteiger partial charge in [-0.05, 0) is 0 Å². The van der Waals surface area contributed by atoms with Gasteiger partial charge in [0.1, 0.15) is 13.2 Å². The molecule has 0 aromatic heterocycles. The average Bonchev–Trinajstić information content (AvgIpc) is 2.28. The van der Waals surface area contributed by atoms with Gasteiger partial charge in [-0.3, -0.25) is 14.1 Å². The van der Waals surface area contributed by atoms with Gasteiger partial charge in [0.05, 0.1) is 19.6 Å². The molecule has 0 aliphatic rings. The summed E-state index contributed by atoms with van der Waals surface area (Å²) in [5.74, 6) is -2.46. The van der Waals surface area contributed by atoms with Crippen LogP contribution in [0.3, 0.4) is 0 Å². The lowest BCUT2D eigenvalue weighted by atomic mass is 10.3. The number of hydrogen-bond acceptors (Lipinski definition) is 8. The van der Waals surface area contributed by atoms with Crippen LogP contribution in [-0.2, 0) is 29.2 Å². The summed E-state index contributed by atoms with van der Waals surface area (Å²) in [5, 5.41) is 14.6. The third kappa shape index (κ3) is 6.49. The fraction of sp³-hybridized carbons (Fsp3) is 0.750. The highest BCUT2D eigenvalue weighted by Crippen LogP contribution is 2.08. The number of ether oxygens (including phenoxy) is 2. The Hall–Kier alpha value is -1.23. The zero-order valence-corrected chi connectivity index (χ0v) is 10.1. The second-order valence-electron chi connectivity index (χ2n) is 3.04. The molecule has 18 heavy (non-hydrogen) atoms. The second-order valence-corrected chi connectivity index (χ2v) is 4.64. The van der Waals surface area contributed by atoms with E-state index >= 15 is 0 Å². The zero-order chi connectivity index (χ0) is 14.2. The van der Waals surface area contributed by atoms with E-state index in [1.165, 1.54) is 0 Å². The summed E-state index contributed by atoms with van der Waals surface area (Å²) in [6.45, 7) is -1.81. The Morgan fingerprint density at radius 2 is 1.56 bits per heavy atom. The predicted molar refractivity (Wildman–Crippen MR) is 56.0 cm³/mol. The molecule has 3 N–H and O–H groups in total. The number of esters is 2. The second kappa shape index (κ2) is 7.97. The summed E-state index contributed by atoms with van der Waals surface area (Å²) in [6, 6.07) is 0. The molecule has 0 fully saturated rings. The molecule has 106 valence electrons.